The van der Waals surface area contributed by atoms with Crippen molar-refractivity contribution in [1.82, 2.24) is 0 Å². The Balaban J connectivity index is 0.00000243. The maximum Gasteiger partial charge on any atom is 1.00 e. The molecule has 0 aromatic heterocycles. The summed E-state index contributed by atoms with van der Waals surface area (Å²) in [5, 5.41) is 22.9. The fraction of sp³-hybridized carbons (Fsp3) is 0.333. The molecule has 2 atom stereocenters. The zero-order valence-electron chi connectivity index (χ0n) is 15.1. The summed E-state index contributed by atoms with van der Waals surface area (Å²) in [6.45, 7) is 5.03. The third kappa shape index (κ3) is 2.38. The van der Waals surface area contributed by atoms with Gasteiger partial charge >= 0.3 is 29.6 Å². The van der Waals surface area contributed by atoms with Gasteiger partial charge in [0.2, 0.25) is 0 Å². The second kappa shape index (κ2) is 6.33. The number of benzene rings is 1. The van der Waals surface area contributed by atoms with Crippen molar-refractivity contribution in [3.63, 3.8) is 0 Å². The fourth-order valence-corrected chi connectivity index (χ4v) is 3.47. The van der Waals surface area contributed by atoms with E-state index in [1.807, 2.05) is 0 Å². The minimum absolute atomic E-state index is 0. The van der Waals surface area contributed by atoms with Gasteiger partial charge in [-0.25, -0.2) is 0 Å². The molecule has 2 aliphatic rings. The number of carbonyl (C=O) groups is 4. The van der Waals surface area contributed by atoms with Crippen molar-refractivity contribution in [3.8, 4) is 17.2 Å². The van der Waals surface area contributed by atoms with Gasteiger partial charge < -0.3 is 14.9 Å². The number of phenols is 1. The van der Waals surface area contributed by atoms with Crippen LogP contribution < -0.4 is 39.4 Å². The predicted octanol–water partition coefficient (Wildman–Crippen LogP) is -2.13. The maximum atomic E-state index is 12.9. The molecule has 1 aromatic rings. The van der Waals surface area contributed by atoms with E-state index < -0.39 is 46.0 Å². The van der Waals surface area contributed by atoms with Gasteiger partial charge in [0.1, 0.15) is 39.9 Å². The molecule has 0 bridgehead atoms. The summed E-state index contributed by atoms with van der Waals surface area (Å²) in [5.41, 5.74) is -2.09. The van der Waals surface area contributed by atoms with Crippen LogP contribution in [0.3, 0.4) is 0 Å². The van der Waals surface area contributed by atoms with E-state index in [0.717, 1.165) is 13.0 Å². The second-order valence-electron chi connectivity index (χ2n) is 6.48. The number of ketones is 4. The Morgan fingerprint density at radius 2 is 1.85 bits per heavy atom. The standard InChI is InChI=1S/C18H16O7.Na/c1-6-14(22)12(8(3)20)16-13(15(6)23)18(4)10(25-16)5-9(21)11(7(2)19)17(18)24;/h5,11,22-23H,1-4H3;/q;+1/p-1/t11?,18-;/m0./s1. The largest absolute Gasteiger partial charge is 1.00 e. The quantitative estimate of drug-likeness (QED) is 0.361. The van der Waals surface area contributed by atoms with Crippen molar-refractivity contribution in [2.45, 2.75) is 33.1 Å². The zero-order chi connectivity index (χ0) is 18.8. The maximum absolute atomic E-state index is 12.9. The number of allylic oxidation sites excluding steroid dienone is 2. The molecule has 0 radical (unpaired) electrons. The minimum Gasteiger partial charge on any atom is -0.872 e. The Hall–Kier alpha value is -1.96. The number of hydrogen-bond donors (Lipinski definition) is 1. The summed E-state index contributed by atoms with van der Waals surface area (Å²) >= 11 is 0. The molecule has 1 aliphatic carbocycles. The Morgan fingerprint density at radius 1 is 1.27 bits per heavy atom. The molecule has 130 valence electrons. The predicted molar refractivity (Wildman–Crippen MR) is 82.5 cm³/mol. The van der Waals surface area contributed by atoms with Crippen molar-refractivity contribution < 1.29 is 63.7 Å². The molecule has 3 rings (SSSR count). The molecule has 0 saturated carbocycles. The van der Waals surface area contributed by atoms with E-state index in [9.17, 15) is 29.4 Å². The van der Waals surface area contributed by atoms with Crippen LogP contribution in [0.2, 0.25) is 0 Å². The van der Waals surface area contributed by atoms with Crippen LogP contribution in [0, 0.1) is 12.8 Å². The normalized spacial score (nSPS) is 23.4. The number of Topliss-reactive ketones (excluding diaryl/α,β-unsaturated/α-hetero) is 3. The third-order valence-corrected chi connectivity index (χ3v) is 4.89. The van der Waals surface area contributed by atoms with E-state index in [1.54, 1.807) is 0 Å². The number of rotatable bonds is 2. The van der Waals surface area contributed by atoms with Gasteiger partial charge in [-0.15, -0.1) is 0 Å². The van der Waals surface area contributed by atoms with E-state index >= 15 is 0 Å². The van der Waals surface area contributed by atoms with Gasteiger partial charge in [0.15, 0.2) is 17.3 Å². The van der Waals surface area contributed by atoms with Gasteiger partial charge in [-0.1, -0.05) is 5.75 Å². The molecule has 1 heterocycles. The molecule has 26 heavy (non-hydrogen) atoms. The minimum atomic E-state index is -1.65. The van der Waals surface area contributed by atoms with Crippen molar-refractivity contribution in [1.29, 1.82) is 0 Å². The molecule has 0 spiro atoms. The van der Waals surface area contributed by atoms with E-state index in [-0.39, 0.29) is 57.8 Å². The zero-order valence-corrected chi connectivity index (χ0v) is 17.1. The summed E-state index contributed by atoms with van der Waals surface area (Å²) in [6, 6.07) is 0. The Bertz CT molecular complexity index is 928. The van der Waals surface area contributed by atoms with Crippen LogP contribution in [0.4, 0.5) is 0 Å². The van der Waals surface area contributed by atoms with Gasteiger partial charge in [-0.05, 0) is 33.3 Å². The topological polar surface area (TPSA) is 121 Å². The van der Waals surface area contributed by atoms with Gasteiger partial charge in [0, 0.05) is 11.6 Å². The average Bonchev–Trinajstić information content (AvgIpc) is 2.78. The van der Waals surface area contributed by atoms with Crippen molar-refractivity contribution in [2.75, 3.05) is 0 Å². The van der Waals surface area contributed by atoms with Crippen molar-refractivity contribution in [2.24, 2.45) is 5.92 Å². The number of phenolic OH excluding ortho intramolecular Hbond substituents is 1. The van der Waals surface area contributed by atoms with E-state index in [1.165, 1.54) is 20.8 Å². The summed E-state index contributed by atoms with van der Waals surface area (Å²) in [4.78, 5) is 48.8. The van der Waals surface area contributed by atoms with Gasteiger partial charge in [0.05, 0.1) is 0 Å². The number of fused-ring (bicyclic) bond motifs is 3. The smallest absolute Gasteiger partial charge is 0.872 e. The first-order chi connectivity index (χ1) is 11.5. The van der Waals surface area contributed by atoms with Crippen LogP contribution in [0.15, 0.2) is 11.8 Å². The molecule has 0 saturated heterocycles. The van der Waals surface area contributed by atoms with Crippen LogP contribution in [0.5, 0.6) is 17.2 Å². The summed E-state index contributed by atoms with van der Waals surface area (Å²) < 4.78 is 5.52. The molecule has 1 aliphatic heterocycles. The molecular weight excluding hydrogens is 351 g/mol. The number of aromatic hydroxyl groups is 1. The van der Waals surface area contributed by atoms with E-state index in [0.29, 0.717) is 0 Å². The third-order valence-electron chi connectivity index (χ3n) is 4.89. The van der Waals surface area contributed by atoms with Crippen molar-refractivity contribution >= 4 is 23.1 Å². The molecule has 8 heteroatoms. The number of carbonyl (C=O) groups excluding carboxylic acids is 4. The monoisotopic (exact) mass is 366 g/mol. The molecule has 1 N–H and O–H groups in total. The Morgan fingerprint density at radius 3 is 2.35 bits per heavy atom. The van der Waals surface area contributed by atoms with Crippen LogP contribution in [0.1, 0.15) is 42.3 Å². The molecule has 1 unspecified atom stereocenters. The molecular formula is C18H15NaO7. The summed E-state index contributed by atoms with van der Waals surface area (Å²) in [5.74, 6) is -5.70. The summed E-state index contributed by atoms with van der Waals surface area (Å²) in [6.07, 6.45) is 1.02. The van der Waals surface area contributed by atoms with E-state index in [4.69, 9.17) is 4.74 Å². The molecule has 0 fully saturated rings. The first-order valence-electron chi connectivity index (χ1n) is 7.60. The van der Waals surface area contributed by atoms with Gasteiger partial charge in [-0.3, -0.25) is 19.2 Å². The van der Waals surface area contributed by atoms with Crippen LogP contribution >= 0.6 is 0 Å². The molecule has 1 aromatic carbocycles. The van der Waals surface area contributed by atoms with Gasteiger partial charge in [0.25, 0.3) is 0 Å². The fourth-order valence-electron chi connectivity index (χ4n) is 3.47. The second-order valence-corrected chi connectivity index (χ2v) is 6.48. The van der Waals surface area contributed by atoms with Crippen LogP contribution in [-0.4, -0.2) is 28.2 Å². The number of hydrogen-bond acceptors (Lipinski definition) is 7. The van der Waals surface area contributed by atoms with E-state index in [2.05, 4.69) is 0 Å². The SMILES string of the molecule is CC(=O)c1c(O)c(C)c([O-])c2c1OC1=CC(=O)C(C(C)=O)C(=O)[C@@]12C.[Na+]. The first kappa shape index (κ1) is 20.4. The average molecular weight is 366 g/mol. The molecule has 7 nitrogen and oxygen atoms in total. The Labute approximate surface area is 171 Å². The Kier molecular flexibility index (Phi) is 4.96. The number of ether oxygens (including phenoxy) is 1. The molecule has 0 amide bonds. The van der Waals surface area contributed by atoms with Gasteiger partial charge in [-0.2, -0.15) is 0 Å². The van der Waals surface area contributed by atoms with Crippen LogP contribution in [0.25, 0.3) is 0 Å². The first-order valence-corrected chi connectivity index (χ1v) is 7.60. The van der Waals surface area contributed by atoms with Crippen molar-refractivity contribution in [3.05, 3.63) is 28.5 Å². The van der Waals surface area contributed by atoms with Crippen LogP contribution in [-0.2, 0) is 19.8 Å². The summed E-state index contributed by atoms with van der Waals surface area (Å²) in [7, 11) is 0.